The van der Waals surface area contributed by atoms with Crippen molar-refractivity contribution in [3.63, 3.8) is 0 Å². The molecular weight excluding hydrogens is 254 g/mol. The third kappa shape index (κ3) is 6.25. The Hall–Kier alpha value is -1.12. The summed E-state index contributed by atoms with van der Waals surface area (Å²) in [4.78, 5) is 12.0. The lowest BCUT2D eigenvalue weighted by Crippen LogP contribution is -2.21. The molecule has 0 bridgehead atoms. The molecule has 0 spiro atoms. The molecule has 1 atom stereocenters. The predicted octanol–water partition coefficient (Wildman–Crippen LogP) is 2.92. The number of carbonyl (C=O) groups excluding carboxylic acids is 1. The van der Waals surface area contributed by atoms with Crippen LogP contribution < -0.4 is 0 Å². The van der Waals surface area contributed by atoms with Crippen LogP contribution in [0.15, 0.2) is 35.2 Å². The normalized spacial score (nSPS) is 11.5. The molecule has 0 saturated heterocycles. The van der Waals surface area contributed by atoms with Crippen molar-refractivity contribution in [2.45, 2.75) is 17.9 Å². The average Bonchev–Trinajstić information content (AvgIpc) is 2.33. The van der Waals surface area contributed by atoms with E-state index in [9.17, 15) is 4.79 Å². The summed E-state index contributed by atoms with van der Waals surface area (Å²) in [5.41, 5.74) is 0. The number of carbonyl (C=O) groups is 1. The van der Waals surface area contributed by atoms with Gasteiger partial charge in [-0.1, -0.05) is 18.2 Å². The summed E-state index contributed by atoms with van der Waals surface area (Å²) in [5.74, 6) is 0.871. The Labute approximate surface area is 110 Å². The summed E-state index contributed by atoms with van der Waals surface area (Å²) >= 11 is 2.73. The number of thioether (sulfide) groups is 2. The summed E-state index contributed by atoms with van der Waals surface area (Å²) in [6.45, 7) is 1.39. The molecule has 0 aliphatic carbocycles. The molecule has 3 nitrogen and oxygen atoms in total. The second kappa shape index (κ2) is 8.04. The number of hydrogen-bond donors (Lipinski definition) is 0. The van der Waals surface area contributed by atoms with Crippen LogP contribution in [0.3, 0.4) is 0 Å². The highest BCUT2D eigenvalue weighted by atomic mass is 32.2. The summed E-state index contributed by atoms with van der Waals surface area (Å²) < 4.78 is 5.14. The van der Waals surface area contributed by atoms with Crippen LogP contribution in [-0.4, -0.2) is 23.6 Å². The van der Waals surface area contributed by atoms with Crippen LogP contribution in [-0.2, 0) is 9.53 Å². The van der Waals surface area contributed by atoms with Gasteiger partial charge < -0.3 is 4.74 Å². The van der Waals surface area contributed by atoms with Crippen LogP contribution in [0.25, 0.3) is 0 Å². The molecule has 0 heterocycles. The molecule has 0 aromatic heterocycles. The second-order valence-electron chi connectivity index (χ2n) is 3.26. The molecular formula is C12H13NO2S2. The van der Waals surface area contributed by atoms with Crippen molar-refractivity contribution in [2.24, 2.45) is 0 Å². The largest absolute Gasteiger partial charge is 0.461 e. The first kappa shape index (κ1) is 13.9. The van der Waals surface area contributed by atoms with Crippen molar-refractivity contribution in [1.29, 1.82) is 5.26 Å². The minimum atomic E-state index is -0.304. The maximum absolute atomic E-state index is 10.9. The van der Waals surface area contributed by atoms with Gasteiger partial charge in [-0.3, -0.25) is 4.79 Å². The quantitative estimate of drug-likeness (QED) is 0.450. The van der Waals surface area contributed by atoms with Gasteiger partial charge in [0.25, 0.3) is 0 Å². The van der Waals surface area contributed by atoms with Crippen LogP contribution in [0, 0.1) is 10.7 Å². The number of rotatable bonds is 6. The summed E-state index contributed by atoms with van der Waals surface area (Å²) in [7, 11) is 0. The lowest BCUT2D eigenvalue weighted by atomic mass is 10.4. The van der Waals surface area contributed by atoms with Crippen molar-refractivity contribution in [2.75, 3.05) is 11.5 Å². The van der Waals surface area contributed by atoms with E-state index in [4.69, 9.17) is 10.00 Å². The van der Waals surface area contributed by atoms with Crippen LogP contribution in [0.5, 0.6) is 0 Å². The van der Waals surface area contributed by atoms with Crippen molar-refractivity contribution < 1.29 is 9.53 Å². The molecule has 17 heavy (non-hydrogen) atoms. The van der Waals surface area contributed by atoms with E-state index in [2.05, 4.69) is 0 Å². The zero-order valence-corrected chi connectivity index (χ0v) is 11.1. The maximum Gasteiger partial charge on any atom is 0.302 e. The number of thiocyanates is 1. The number of benzene rings is 1. The molecule has 0 saturated carbocycles. The highest BCUT2D eigenvalue weighted by Crippen LogP contribution is 2.20. The summed E-state index contributed by atoms with van der Waals surface area (Å²) in [6.07, 6.45) is -0.220. The Morgan fingerprint density at radius 2 is 2.12 bits per heavy atom. The number of ether oxygens (including phenoxy) is 1. The van der Waals surface area contributed by atoms with E-state index >= 15 is 0 Å². The minimum Gasteiger partial charge on any atom is -0.461 e. The molecule has 0 amide bonds. The highest BCUT2D eigenvalue weighted by molar-refractivity contribution is 8.03. The molecule has 1 rings (SSSR count). The molecule has 0 radical (unpaired) electrons. The average molecular weight is 267 g/mol. The lowest BCUT2D eigenvalue weighted by Gasteiger charge is -2.14. The topological polar surface area (TPSA) is 50.1 Å². The number of nitriles is 1. The Bertz CT molecular complexity index is 389. The van der Waals surface area contributed by atoms with E-state index in [1.54, 1.807) is 11.8 Å². The molecule has 0 fully saturated rings. The zero-order chi connectivity index (χ0) is 12.5. The van der Waals surface area contributed by atoms with E-state index < -0.39 is 0 Å². The van der Waals surface area contributed by atoms with Crippen molar-refractivity contribution in [3.8, 4) is 5.40 Å². The van der Waals surface area contributed by atoms with Crippen LogP contribution >= 0.6 is 23.5 Å². The van der Waals surface area contributed by atoms with E-state index in [1.165, 1.54) is 6.92 Å². The van der Waals surface area contributed by atoms with E-state index in [1.807, 2.05) is 35.7 Å². The third-order valence-electron chi connectivity index (χ3n) is 1.85. The Balaban J connectivity index is 2.43. The predicted molar refractivity (Wildman–Crippen MR) is 70.8 cm³/mol. The third-order valence-corrected chi connectivity index (χ3v) is 3.66. The lowest BCUT2D eigenvalue weighted by molar-refractivity contribution is -0.144. The SMILES string of the molecule is CC(=O)OC(CSC#N)CSc1ccccc1. The molecule has 0 aliphatic rings. The summed E-state index contributed by atoms with van der Waals surface area (Å²) in [6, 6.07) is 9.90. The van der Waals surface area contributed by atoms with Crippen LogP contribution in [0.4, 0.5) is 0 Å². The van der Waals surface area contributed by atoms with Gasteiger partial charge in [-0.05, 0) is 23.9 Å². The molecule has 90 valence electrons. The molecule has 0 aliphatic heterocycles. The molecule has 5 heteroatoms. The fraction of sp³-hybridized carbons (Fsp3) is 0.333. The van der Waals surface area contributed by atoms with Crippen molar-refractivity contribution in [3.05, 3.63) is 30.3 Å². The Morgan fingerprint density at radius 1 is 1.41 bits per heavy atom. The number of esters is 1. The van der Waals surface area contributed by atoms with Gasteiger partial charge in [-0.15, -0.1) is 11.8 Å². The Morgan fingerprint density at radius 3 is 2.71 bits per heavy atom. The zero-order valence-electron chi connectivity index (χ0n) is 9.46. The van der Waals surface area contributed by atoms with E-state index in [0.717, 1.165) is 16.7 Å². The first-order valence-electron chi connectivity index (χ1n) is 5.08. The van der Waals surface area contributed by atoms with Gasteiger partial charge in [0.2, 0.25) is 0 Å². The number of hydrogen-bond acceptors (Lipinski definition) is 5. The van der Waals surface area contributed by atoms with Gasteiger partial charge in [0.05, 0.1) is 0 Å². The van der Waals surface area contributed by atoms with Gasteiger partial charge in [-0.2, -0.15) is 5.26 Å². The van der Waals surface area contributed by atoms with Gasteiger partial charge in [-0.25, -0.2) is 0 Å². The van der Waals surface area contributed by atoms with Gasteiger partial charge in [0.1, 0.15) is 11.5 Å². The van der Waals surface area contributed by atoms with Crippen molar-refractivity contribution >= 4 is 29.5 Å². The number of nitrogens with zero attached hydrogens (tertiary/aromatic N) is 1. The fourth-order valence-corrected chi connectivity index (χ4v) is 2.70. The van der Waals surface area contributed by atoms with Gasteiger partial charge >= 0.3 is 5.97 Å². The van der Waals surface area contributed by atoms with Crippen LogP contribution in [0.1, 0.15) is 6.92 Å². The smallest absolute Gasteiger partial charge is 0.302 e. The monoisotopic (exact) mass is 267 g/mol. The maximum atomic E-state index is 10.9. The molecule has 0 N–H and O–H groups in total. The fourth-order valence-electron chi connectivity index (χ4n) is 1.19. The first-order chi connectivity index (χ1) is 8.22. The van der Waals surface area contributed by atoms with E-state index in [-0.39, 0.29) is 12.1 Å². The first-order valence-corrected chi connectivity index (χ1v) is 7.05. The summed E-state index contributed by atoms with van der Waals surface area (Å²) in [5, 5.41) is 10.5. The van der Waals surface area contributed by atoms with Gasteiger partial charge in [0, 0.05) is 23.3 Å². The Kier molecular flexibility index (Phi) is 6.60. The molecule has 1 aromatic rings. The van der Waals surface area contributed by atoms with Gasteiger partial charge in [0.15, 0.2) is 0 Å². The van der Waals surface area contributed by atoms with E-state index in [0.29, 0.717) is 11.5 Å². The van der Waals surface area contributed by atoms with Crippen molar-refractivity contribution in [1.82, 2.24) is 0 Å². The molecule has 1 aromatic carbocycles. The standard InChI is InChI=1S/C12H13NO2S2/c1-10(14)15-11(7-16-9-13)8-17-12-5-3-2-4-6-12/h2-6,11H,7-8H2,1H3. The highest BCUT2D eigenvalue weighted by Gasteiger charge is 2.12. The molecule has 1 unspecified atom stereocenters. The second-order valence-corrected chi connectivity index (χ2v) is 5.16. The minimum absolute atomic E-state index is 0.220. The van der Waals surface area contributed by atoms with Crippen LogP contribution in [0.2, 0.25) is 0 Å².